The molecule has 0 aromatic heterocycles. The number of amides is 1. The number of benzene rings is 1. The molecule has 5 nitrogen and oxygen atoms in total. The molecule has 1 atom stereocenters. The van der Waals surface area contributed by atoms with Gasteiger partial charge in [-0.15, -0.1) is 0 Å². The fourth-order valence-electron chi connectivity index (χ4n) is 2.60. The third-order valence-electron chi connectivity index (χ3n) is 3.96. The number of nitrogens with zero attached hydrogens (tertiary/aromatic N) is 1. The first-order valence-corrected chi connectivity index (χ1v) is 12.8. The summed E-state index contributed by atoms with van der Waals surface area (Å²) in [6.07, 6.45) is 0.369. The van der Waals surface area contributed by atoms with Crippen LogP contribution in [-0.2, 0) is 4.74 Å². The maximum atomic E-state index is 12.3. The molecule has 1 amide bonds. The van der Waals surface area contributed by atoms with Gasteiger partial charge in [0.15, 0.2) is 0 Å². The molecular formula is C20H30ClIN2O3. The van der Waals surface area contributed by atoms with E-state index in [0.29, 0.717) is 16.3 Å². The molecule has 0 spiro atoms. The van der Waals surface area contributed by atoms with Gasteiger partial charge in [0.25, 0.3) is 0 Å². The Hall–Kier alpha value is -1.20. The number of rotatable bonds is 7. The molecule has 0 aliphatic rings. The summed E-state index contributed by atoms with van der Waals surface area (Å²) in [5.41, 5.74) is -0.108. The van der Waals surface area contributed by atoms with Gasteiger partial charge in [-0.1, -0.05) is 0 Å². The van der Waals surface area contributed by atoms with Crippen LogP contribution in [0.15, 0.2) is 18.2 Å². The Balaban J connectivity index is 2.96. The summed E-state index contributed by atoms with van der Waals surface area (Å²) in [7, 11) is 0. The molecule has 0 aliphatic carbocycles. The standard InChI is InChI=1S/C20H30ClIN2O3/c1-8-17(24-18(25)26-19(3,4)5)20(6,7)22(9-2)27-15-11-10-14(13-23)16(21)12-15/h10-12,17H,8-9H2,1-7H3,(H,24,25). The Labute approximate surface area is 175 Å². The van der Waals surface area contributed by atoms with E-state index >= 15 is 0 Å². The molecule has 0 fully saturated rings. The number of hydrogen-bond acceptors (Lipinski definition) is 4. The number of nitriles is 1. The van der Waals surface area contributed by atoms with E-state index in [9.17, 15) is 4.79 Å². The van der Waals surface area contributed by atoms with Crippen molar-refractivity contribution >= 4 is 37.9 Å². The van der Waals surface area contributed by atoms with Gasteiger partial charge in [0.1, 0.15) is 0 Å². The van der Waals surface area contributed by atoms with Crippen LogP contribution in [0.5, 0.6) is 5.75 Å². The molecule has 0 radical (unpaired) electrons. The van der Waals surface area contributed by atoms with Crippen LogP contribution in [0, 0.1) is 11.3 Å². The van der Waals surface area contributed by atoms with E-state index in [1.807, 2.05) is 27.7 Å². The van der Waals surface area contributed by atoms with Crippen LogP contribution in [0.1, 0.15) is 60.5 Å². The molecule has 1 aromatic carbocycles. The van der Waals surface area contributed by atoms with Crippen molar-refractivity contribution in [1.29, 1.82) is 5.26 Å². The Morgan fingerprint density at radius 3 is 2.37 bits per heavy atom. The number of halogens is 2. The van der Waals surface area contributed by atoms with E-state index in [-0.39, 0.29) is 9.46 Å². The molecule has 7 heteroatoms. The van der Waals surface area contributed by atoms with Gasteiger partial charge in [0, 0.05) is 0 Å². The monoisotopic (exact) mass is 508 g/mol. The van der Waals surface area contributed by atoms with E-state index in [1.165, 1.54) is 0 Å². The average Bonchev–Trinajstić information content (AvgIpc) is 2.55. The summed E-state index contributed by atoms with van der Waals surface area (Å²) < 4.78 is 12.5. The van der Waals surface area contributed by atoms with E-state index < -0.39 is 31.9 Å². The molecule has 1 unspecified atom stereocenters. The third kappa shape index (κ3) is 7.04. The normalized spacial score (nSPS) is 13.4. The number of nitrogens with one attached hydrogen (secondary N) is 1. The van der Waals surface area contributed by atoms with Gasteiger partial charge in [0.05, 0.1) is 0 Å². The van der Waals surface area contributed by atoms with Crippen LogP contribution in [0.4, 0.5) is 4.79 Å². The molecule has 0 aliphatic heterocycles. The molecule has 1 N–H and O–H groups in total. The van der Waals surface area contributed by atoms with Crippen molar-refractivity contribution in [3.05, 3.63) is 28.8 Å². The maximum absolute atomic E-state index is 12.3. The van der Waals surface area contributed by atoms with Crippen LogP contribution in [0.25, 0.3) is 0 Å². The quantitative estimate of drug-likeness (QED) is 0.356. The average molecular weight is 509 g/mol. The molecule has 152 valence electrons. The zero-order valence-electron chi connectivity index (χ0n) is 17.2. The van der Waals surface area contributed by atoms with Gasteiger partial charge in [-0.2, -0.15) is 0 Å². The van der Waals surface area contributed by atoms with E-state index in [2.05, 4.69) is 32.2 Å². The zero-order chi connectivity index (χ0) is 20.8. The second kappa shape index (κ2) is 9.83. The molecule has 1 rings (SSSR count). The van der Waals surface area contributed by atoms with Gasteiger partial charge >= 0.3 is 176 Å². The van der Waals surface area contributed by atoms with Crippen LogP contribution in [-0.4, -0.2) is 25.6 Å². The molecule has 0 saturated carbocycles. The zero-order valence-corrected chi connectivity index (χ0v) is 20.1. The Kier molecular flexibility index (Phi) is 8.68. The summed E-state index contributed by atoms with van der Waals surface area (Å²) >= 11 is 4.13. The molecule has 0 heterocycles. The summed E-state index contributed by atoms with van der Waals surface area (Å²) in [5.74, 6) is 0.672. The summed E-state index contributed by atoms with van der Waals surface area (Å²) in [6.45, 7) is 14.0. The summed E-state index contributed by atoms with van der Waals surface area (Å²) in [5, 5.41) is 12.4. The van der Waals surface area contributed by atoms with Crippen molar-refractivity contribution < 1.29 is 12.6 Å². The van der Waals surface area contributed by atoms with Crippen molar-refractivity contribution in [3.8, 4) is 11.8 Å². The predicted octanol–water partition coefficient (Wildman–Crippen LogP) is 6.11. The fraction of sp³-hybridized carbons (Fsp3) is 0.600. The first-order chi connectivity index (χ1) is 12.4. The minimum absolute atomic E-state index is 0.0636. The first-order valence-electron chi connectivity index (χ1n) is 8.98. The van der Waals surface area contributed by atoms with Crippen molar-refractivity contribution in [2.24, 2.45) is 0 Å². The molecular weight excluding hydrogens is 479 g/mol. The van der Waals surface area contributed by atoms with Gasteiger partial charge < -0.3 is 0 Å². The number of hydrogen-bond donors (Lipinski definition) is 1. The minimum atomic E-state index is -2.00. The van der Waals surface area contributed by atoms with Crippen LogP contribution in [0.3, 0.4) is 0 Å². The first kappa shape index (κ1) is 23.8. The van der Waals surface area contributed by atoms with Crippen LogP contribution in [0.2, 0.25) is 5.02 Å². The van der Waals surface area contributed by atoms with Gasteiger partial charge in [0.2, 0.25) is 0 Å². The summed E-state index contributed by atoms with van der Waals surface area (Å²) in [6, 6.07) is 7.13. The number of carbonyl (C=O) groups is 1. The van der Waals surface area contributed by atoms with Crippen LogP contribution < -0.4 is 8.38 Å². The van der Waals surface area contributed by atoms with E-state index in [0.717, 1.165) is 10.8 Å². The Morgan fingerprint density at radius 2 is 1.93 bits per heavy atom. The van der Waals surface area contributed by atoms with Gasteiger partial charge in [-0.25, -0.2) is 0 Å². The number of ether oxygens (including phenoxy) is 1. The van der Waals surface area contributed by atoms with Crippen molar-refractivity contribution in [1.82, 2.24) is 5.32 Å². The van der Waals surface area contributed by atoms with Gasteiger partial charge in [-0.05, 0) is 0 Å². The van der Waals surface area contributed by atoms with E-state index in [4.69, 9.17) is 24.7 Å². The fourth-order valence-corrected chi connectivity index (χ4v) is 7.98. The Morgan fingerprint density at radius 1 is 1.30 bits per heavy atom. The van der Waals surface area contributed by atoms with E-state index in [1.54, 1.807) is 18.2 Å². The topological polar surface area (TPSA) is 71.3 Å². The summed E-state index contributed by atoms with van der Waals surface area (Å²) in [4.78, 5) is 12.3. The number of carbonyl (C=O) groups excluding carboxylic acids is 1. The van der Waals surface area contributed by atoms with Crippen molar-refractivity contribution in [2.45, 2.75) is 70.0 Å². The second-order valence-corrected chi connectivity index (χ2v) is 14.6. The molecule has 0 saturated heterocycles. The molecule has 0 bridgehead atoms. The van der Waals surface area contributed by atoms with Crippen LogP contribution >= 0.6 is 31.8 Å². The second-order valence-electron chi connectivity index (χ2n) is 7.59. The number of alkyl carbamates (subject to hydrolysis) is 1. The third-order valence-corrected chi connectivity index (χ3v) is 10.5. The SMILES string of the molecule is CCC(NC(=O)OC(C)(C)C)C(C)(C)I(CC)Oc1ccc(C#N)c(Cl)c1. The van der Waals surface area contributed by atoms with Crippen molar-refractivity contribution in [2.75, 3.05) is 4.43 Å². The predicted molar refractivity (Wildman–Crippen MR) is 119 cm³/mol. The molecule has 1 aromatic rings. The number of alkyl halides is 2. The van der Waals surface area contributed by atoms with Crippen molar-refractivity contribution in [3.63, 3.8) is 0 Å². The molecule has 27 heavy (non-hydrogen) atoms. The van der Waals surface area contributed by atoms with Gasteiger partial charge in [-0.3, -0.25) is 0 Å². The Bertz CT molecular complexity index is 695.